The molecule has 1 aliphatic heterocycles. The van der Waals surface area contributed by atoms with Crippen LogP contribution in [0.1, 0.15) is 39.7 Å². The summed E-state index contributed by atoms with van der Waals surface area (Å²) in [6, 6.07) is 7.68. The number of hydrogen-bond acceptors (Lipinski definition) is 4. The highest BCUT2D eigenvalue weighted by Gasteiger charge is 2.40. The first-order chi connectivity index (χ1) is 13.0. The zero-order chi connectivity index (χ0) is 20.9. The Morgan fingerprint density at radius 3 is 2.59 bits per heavy atom. The van der Waals surface area contributed by atoms with Crippen LogP contribution in [0.15, 0.2) is 29.3 Å². The minimum Gasteiger partial charge on any atom is -0.352 e. The third-order valence-electron chi connectivity index (χ3n) is 4.81. The molecule has 2 N–H and O–H groups in total. The van der Waals surface area contributed by atoms with Gasteiger partial charge in [-0.05, 0) is 37.5 Å². The quantitative estimate of drug-likeness (QED) is 0.343. The summed E-state index contributed by atoms with van der Waals surface area (Å²) < 4.78 is 23.6. The lowest BCUT2D eigenvalue weighted by molar-refractivity contribution is -0.116. The number of nitrogens with zero attached hydrogens (tertiary/aromatic N) is 2. The van der Waals surface area contributed by atoms with E-state index in [2.05, 4.69) is 15.6 Å². The number of guanidine groups is 1. The van der Waals surface area contributed by atoms with E-state index in [9.17, 15) is 13.2 Å². The molecule has 7 nitrogen and oxygen atoms in total. The van der Waals surface area contributed by atoms with Crippen molar-refractivity contribution in [2.45, 2.75) is 45.4 Å². The lowest BCUT2D eigenvalue weighted by atomic mass is 10.1. The zero-order valence-electron chi connectivity index (χ0n) is 17.9. The lowest BCUT2D eigenvalue weighted by Gasteiger charge is -2.39. The van der Waals surface area contributed by atoms with Gasteiger partial charge in [0.25, 0.3) is 0 Å². The average Bonchev–Trinajstić information content (AvgIpc) is 2.58. The molecule has 0 unspecified atom stereocenters. The van der Waals surface area contributed by atoms with Crippen LogP contribution in [0.3, 0.4) is 0 Å². The fourth-order valence-electron chi connectivity index (χ4n) is 3.18. The Morgan fingerprint density at radius 2 is 2.00 bits per heavy atom. The molecule has 2 rings (SSSR count). The SMILES string of the molecule is CN=C(NCc1cccc(NC(=O)CC(C)C)c1)N1CCS(=O)(=O)C(C)(C)C1.I. The van der Waals surface area contributed by atoms with Crippen LogP contribution in [-0.4, -0.2) is 55.8 Å². The lowest BCUT2D eigenvalue weighted by Crippen LogP contribution is -2.57. The number of nitrogens with one attached hydrogen (secondary N) is 2. The monoisotopic (exact) mass is 536 g/mol. The van der Waals surface area contributed by atoms with Crippen LogP contribution < -0.4 is 10.6 Å². The van der Waals surface area contributed by atoms with Gasteiger partial charge in [0.05, 0.1) is 10.5 Å². The summed E-state index contributed by atoms with van der Waals surface area (Å²) >= 11 is 0. The maximum absolute atomic E-state index is 12.2. The van der Waals surface area contributed by atoms with Gasteiger partial charge in [0.15, 0.2) is 15.8 Å². The molecule has 0 aliphatic carbocycles. The molecule has 1 aromatic rings. The van der Waals surface area contributed by atoms with Gasteiger partial charge in [0.2, 0.25) is 5.91 Å². The molecule has 1 aliphatic rings. The number of sulfone groups is 1. The number of hydrogen-bond donors (Lipinski definition) is 2. The van der Waals surface area contributed by atoms with Gasteiger partial charge in [-0.25, -0.2) is 8.42 Å². The average molecular weight is 536 g/mol. The Kier molecular flexibility index (Phi) is 9.39. The number of benzene rings is 1. The molecular formula is C20H33IN4O3S. The van der Waals surface area contributed by atoms with Gasteiger partial charge < -0.3 is 15.5 Å². The summed E-state index contributed by atoms with van der Waals surface area (Å²) in [5.74, 6) is 1.12. The van der Waals surface area contributed by atoms with Crippen molar-refractivity contribution in [3.05, 3.63) is 29.8 Å². The maximum Gasteiger partial charge on any atom is 0.224 e. The number of rotatable bonds is 5. The Balaban J connectivity index is 0.00000420. The van der Waals surface area contributed by atoms with Crippen molar-refractivity contribution in [1.29, 1.82) is 0 Å². The molecule has 0 atom stereocenters. The van der Waals surface area contributed by atoms with E-state index in [-0.39, 0.29) is 35.6 Å². The van der Waals surface area contributed by atoms with Crippen LogP contribution in [0.25, 0.3) is 0 Å². The highest BCUT2D eigenvalue weighted by molar-refractivity contribution is 14.0. The van der Waals surface area contributed by atoms with E-state index in [1.54, 1.807) is 20.9 Å². The fraction of sp³-hybridized carbons (Fsp3) is 0.600. The normalized spacial score (nSPS) is 18.1. The molecule has 9 heteroatoms. The second-order valence-electron chi connectivity index (χ2n) is 8.25. The summed E-state index contributed by atoms with van der Waals surface area (Å²) in [5, 5.41) is 6.23. The molecule has 0 bridgehead atoms. The highest BCUT2D eigenvalue weighted by Crippen LogP contribution is 2.23. The number of carbonyl (C=O) groups excluding carboxylic acids is 1. The van der Waals surface area contributed by atoms with E-state index in [0.29, 0.717) is 37.9 Å². The van der Waals surface area contributed by atoms with Gasteiger partial charge >= 0.3 is 0 Å². The van der Waals surface area contributed by atoms with E-state index >= 15 is 0 Å². The minimum atomic E-state index is -3.09. The molecule has 1 amide bonds. The summed E-state index contributed by atoms with van der Waals surface area (Å²) in [5.41, 5.74) is 1.78. The number of anilines is 1. The first kappa shape index (κ1) is 25.7. The summed E-state index contributed by atoms with van der Waals surface area (Å²) in [6.07, 6.45) is 0.489. The van der Waals surface area contributed by atoms with Crippen molar-refractivity contribution in [2.75, 3.05) is 31.2 Å². The van der Waals surface area contributed by atoms with Gasteiger partial charge in [0.1, 0.15) is 0 Å². The molecule has 1 saturated heterocycles. The van der Waals surface area contributed by atoms with Gasteiger partial charge in [-0.2, -0.15) is 0 Å². The topological polar surface area (TPSA) is 90.9 Å². The fourth-order valence-corrected chi connectivity index (χ4v) is 4.55. The van der Waals surface area contributed by atoms with Gasteiger partial charge in [-0.3, -0.25) is 9.79 Å². The first-order valence-corrected chi connectivity index (χ1v) is 11.3. The Hall–Kier alpha value is -1.36. The van der Waals surface area contributed by atoms with Crippen LogP contribution >= 0.6 is 24.0 Å². The van der Waals surface area contributed by atoms with E-state index in [0.717, 1.165) is 11.3 Å². The Bertz CT molecular complexity index is 838. The van der Waals surface area contributed by atoms with Crippen LogP contribution in [0.5, 0.6) is 0 Å². The summed E-state index contributed by atoms with van der Waals surface area (Å²) in [4.78, 5) is 18.3. The smallest absolute Gasteiger partial charge is 0.224 e. The zero-order valence-corrected chi connectivity index (χ0v) is 21.0. The second kappa shape index (κ2) is 10.6. The molecular weight excluding hydrogens is 503 g/mol. The Morgan fingerprint density at radius 1 is 1.31 bits per heavy atom. The van der Waals surface area contributed by atoms with Crippen molar-refractivity contribution in [1.82, 2.24) is 10.2 Å². The number of halogens is 1. The van der Waals surface area contributed by atoms with Gasteiger partial charge in [0, 0.05) is 38.8 Å². The second-order valence-corrected chi connectivity index (χ2v) is 11.0. The standard InChI is InChI=1S/C20H32N4O3S.HI/c1-15(2)11-18(25)23-17-8-6-7-16(12-17)13-22-19(21-5)24-9-10-28(26,27)20(3,4)14-24;/h6-8,12,15H,9-11,13-14H2,1-5H3,(H,21,22)(H,23,25);1H. The third-order valence-corrected chi connectivity index (χ3v) is 7.34. The third kappa shape index (κ3) is 7.13. The largest absolute Gasteiger partial charge is 0.352 e. The van der Waals surface area contributed by atoms with Crippen LogP contribution in [0.2, 0.25) is 0 Å². The number of aliphatic imine (C=N–C) groups is 1. The van der Waals surface area contributed by atoms with Crippen molar-refractivity contribution in [3.8, 4) is 0 Å². The molecule has 0 saturated carbocycles. The van der Waals surface area contributed by atoms with E-state index in [1.807, 2.05) is 43.0 Å². The van der Waals surface area contributed by atoms with Crippen LogP contribution in [-0.2, 0) is 21.2 Å². The summed E-state index contributed by atoms with van der Waals surface area (Å²) in [6.45, 7) is 8.90. The number of carbonyl (C=O) groups is 1. The van der Waals surface area contributed by atoms with E-state index in [4.69, 9.17) is 0 Å². The molecule has 0 aromatic heterocycles. The van der Waals surface area contributed by atoms with Crippen molar-refractivity contribution in [2.24, 2.45) is 10.9 Å². The maximum atomic E-state index is 12.2. The highest BCUT2D eigenvalue weighted by atomic mass is 127. The molecule has 1 heterocycles. The molecule has 29 heavy (non-hydrogen) atoms. The number of amides is 1. The minimum absolute atomic E-state index is 0. The molecule has 164 valence electrons. The molecule has 0 spiro atoms. The predicted molar refractivity (Wildman–Crippen MR) is 130 cm³/mol. The summed E-state index contributed by atoms with van der Waals surface area (Å²) in [7, 11) is -1.40. The molecule has 1 aromatic carbocycles. The first-order valence-electron chi connectivity index (χ1n) is 9.61. The predicted octanol–water partition coefficient (Wildman–Crippen LogP) is 2.87. The van der Waals surface area contributed by atoms with Crippen LogP contribution in [0, 0.1) is 5.92 Å². The Labute approximate surface area is 191 Å². The molecule has 0 radical (unpaired) electrons. The molecule has 1 fully saturated rings. The van der Waals surface area contributed by atoms with Gasteiger partial charge in [-0.15, -0.1) is 24.0 Å². The van der Waals surface area contributed by atoms with E-state index in [1.165, 1.54) is 0 Å². The van der Waals surface area contributed by atoms with Crippen molar-refractivity contribution >= 4 is 51.4 Å². The van der Waals surface area contributed by atoms with Crippen LogP contribution in [0.4, 0.5) is 5.69 Å². The van der Waals surface area contributed by atoms with Crippen molar-refractivity contribution < 1.29 is 13.2 Å². The van der Waals surface area contributed by atoms with Crippen molar-refractivity contribution in [3.63, 3.8) is 0 Å². The van der Waals surface area contributed by atoms with Gasteiger partial charge in [-0.1, -0.05) is 26.0 Å². The van der Waals surface area contributed by atoms with E-state index < -0.39 is 14.6 Å².